The van der Waals surface area contributed by atoms with E-state index in [1.54, 1.807) is 48.5 Å². The SMILES string of the molecule is COc1ccccc1NC(=O)c1ccc(Nc2cccc(Cl)c2Cl)nn1. The molecule has 0 bridgehead atoms. The van der Waals surface area contributed by atoms with Crippen molar-refractivity contribution in [1.82, 2.24) is 10.2 Å². The second-order valence-electron chi connectivity index (χ2n) is 5.18. The van der Waals surface area contributed by atoms with E-state index in [-0.39, 0.29) is 5.69 Å². The standard InChI is InChI=1S/C18H14Cl2N4O2/c1-26-15-8-3-2-6-12(15)22-18(25)14-9-10-16(24-23-14)21-13-7-4-5-11(19)17(13)20/h2-10H,1H3,(H,21,24)(H,22,25). The zero-order valence-corrected chi connectivity index (χ0v) is 15.2. The number of methoxy groups -OCH3 is 1. The van der Waals surface area contributed by atoms with Gasteiger partial charge < -0.3 is 15.4 Å². The lowest BCUT2D eigenvalue weighted by molar-refractivity contribution is 0.102. The van der Waals surface area contributed by atoms with Crippen molar-refractivity contribution in [2.75, 3.05) is 17.7 Å². The Morgan fingerprint density at radius 1 is 0.962 bits per heavy atom. The lowest BCUT2D eigenvalue weighted by Crippen LogP contribution is -2.15. The Morgan fingerprint density at radius 2 is 1.73 bits per heavy atom. The Balaban J connectivity index is 1.73. The molecule has 0 spiro atoms. The Kier molecular flexibility index (Phi) is 5.55. The highest BCUT2D eigenvalue weighted by molar-refractivity contribution is 6.43. The van der Waals surface area contributed by atoms with E-state index in [9.17, 15) is 4.79 Å². The topological polar surface area (TPSA) is 76.1 Å². The van der Waals surface area contributed by atoms with Crippen LogP contribution in [0, 0.1) is 0 Å². The van der Waals surface area contributed by atoms with Crippen LogP contribution in [0.3, 0.4) is 0 Å². The first-order valence-electron chi connectivity index (χ1n) is 7.57. The van der Waals surface area contributed by atoms with Crippen molar-refractivity contribution in [2.24, 2.45) is 0 Å². The second kappa shape index (κ2) is 8.03. The van der Waals surface area contributed by atoms with Crippen LogP contribution in [-0.4, -0.2) is 23.2 Å². The minimum absolute atomic E-state index is 0.165. The number of halogens is 2. The van der Waals surface area contributed by atoms with Crippen molar-refractivity contribution in [3.63, 3.8) is 0 Å². The molecule has 2 aromatic carbocycles. The maximum atomic E-state index is 12.3. The van der Waals surface area contributed by atoms with Gasteiger partial charge in [-0.15, -0.1) is 10.2 Å². The highest BCUT2D eigenvalue weighted by atomic mass is 35.5. The summed E-state index contributed by atoms with van der Waals surface area (Å²) in [6.45, 7) is 0. The van der Waals surface area contributed by atoms with Crippen LogP contribution in [0.5, 0.6) is 5.75 Å². The van der Waals surface area contributed by atoms with E-state index in [4.69, 9.17) is 27.9 Å². The monoisotopic (exact) mass is 388 g/mol. The van der Waals surface area contributed by atoms with Gasteiger partial charge in [-0.25, -0.2) is 0 Å². The molecule has 8 heteroatoms. The number of amides is 1. The van der Waals surface area contributed by atoms with Gasteiger partial charge in [0.05, 0.1) is 28.5 Å². The number of hydrogen-bond acceptors (Lipinski definition) is 5. The fourth-order valence-corrected chi connectivity index (χ4v) is 2.54. The molecule has 0 aliphatic heterocycles. The molecule has 1 aromatic heterocycles. The molecule has 0 aliphatic rings. The van der Waals surface area contributed by atoms with Gasteiger partial charge in [0.15, 0.2) is 11.5 Å². The lowest BCUT2D eigenvalue weighted by atomic mass is 10.2. The van der Waals surface area contributed by atoms with Crippen LogP contribution in [0.1, 0.15) is 10.5 Å². The molecule has 0 radical (unpaired) electrons. The number of para-hydroxylation sites is 2. The number of rotatable bonds is 5. The maximum absolute atomic E-state index is 12.3. The van der Waals surface area contributed by atoms with Crippen LogP contribution in [0.25, 0.3) is 0 Å². The number of nitrogens with zero attached hydrogens (tertiary/aromatic N) is 2. The predicted octanol–water partition coefficient (Wildman–Crippen LogP) is 4.79. The molecule has 3 rings (SSSR count). The molecule has 3 aromatic rings. The van der Waals surface area contributed by atoms with Crippen molar-refractivity contribution in [3.05, 3.63) is 70.3 Å². The molecule has 1 heterocycles. The fraction of sp³-hybridized carbons (Fsp3) is 0.0556. The van der Waals surface area contributed by atoms with Crippen molar-refractivity contribution in [2.45, 2.75) is 0 Å². The zero-order valence-electron chi connectivity index (χ0n) is 13.7. The molecule has 2 N–H and O–H groups in total. The first-order chi connectivity index (χ1) is 12.6. The van der Waals surface area contributed by atoms with Gasteiger partial charge in [-0.3, -0.25) is 4.79 Å². The minimum Gasteiger partial charge on any atom is -0.495 e. The third-order valence-electron chi connectivity index (χ3n) is 3.47. The molecule has 0 saturated heterocycles. The molecule has 132 valence electrons. The smallest absolute Gasteiger partial charge is 0.276 e. The van der Waals surface area contributed by atoms with Gasteiger partial charge in [-0.2, -0.15) is 0 Å². The van der Waals surface area contributed by atoms with Crippen molar-refractivity contribution >= 4 is 46.3 Å². The molecule has 6 nitrogen and oxygen atoms in total. The van der Waals surface area contributed by atoms with Gasteiger partial charge in [0, 0.05) is 0 Å². The summed E-state index contributed by atoms with van der Waals surface area (Å²) in [6, 6.07) is 15.5. The molecule has 0 aliphatic carbocycles. The Bertz CT molecular complexity index is 933. The number of carbonyl (C=O) groups excluding carboxylic acids is 1. The molecular formula is C18H14Cl2N4O2. The lowest BCUT2D eigenvalue weighted by Gasteiger charge is -2.10. The van der Waals surface area contributed by atoms with E-state index in [1.807, 2.05) is 6.07 Å². The highest BCUT2D eigenvalue weighted by Crippen LogP contribution is 2.31. The van der Waals surface area contributed by atoms with Gasteiger partial charge in [-0.1, -0.05) is 41.4 Å². The number of aromatic nitrogens is 2. The Labute approximate surface area is 160 Å². The van der Waals surface area contributed by atoms with Gasteiger partial charge >= 0.3 is 0 Å². The van der Waals surface area contributed by atoms with Gasteiger partial charge in [0.1, 0.15) is 5.75 Å². The van der Waals surface area contributed by atoms with E-state index >= 15 is 0 Å². The van der Waals surface area contributed by atoms with Crippen molar-refractivity contribution in [3.8, 4) is 5.75 Å². The largest absolute Gasteiger partial charge is 0.495 e. The number of carbonyl (C=O) groups is 1. The van der Waals surface area contributed by atoms with E-state index in [0.29, 0.717) is 33.0 Å². The predicted molar refractivity (Wildman–Crippen MR) is 103 cm³/mol. The Morgan fingerprint density at radius 3 is 2.46 bits per heavy atom. The zero-order chi connectivity index (χ0) is 18.5. The summed E-state index contributed by atoms with van der Waals surface area (Å²) >= 11 is 12.1. The molecule has 0 atom stereocenters. The van der Waals surface area contributed by atoms with Gasteiger partial charge in [0.2, 0.25) is 0 Å². The number of hydrogen-bond donors (Lipinski definition) is 2. The van der Waals surface area contributed by atoms with Crippen molar-refractivity contribution < 1.29 is 9.53 Å². The number of anilines is 3. The first-order valence-corrected chi connectivity index (χ1v) is 8.33. The quantitative estimate of drug-likeness (QED) is 0.656. The Hall–Kier alpha value is -2.83. The molecule has 0 saturated carbocycles. The van der Waals surface area contributed by atoms with Gasteiger partial charge in [-0.05, 0) is 36.4 Å². The van der Waals surface area contributed by atoms with Crippen LogP contribution in [0.4, 0.5) is 17.2 Å². The molecule has 0 fully saturated rings. The van der Waals surface area contributed by atoms with Crippen LogP contribution < -0.4 is 15.4 Å². The fourth-order valence-electron chi connectivity index (χ4n) is 2.19. The third-order valence-corrected chi connectivity index (χ3v) is 4.29. The first kappa shape index (κ1) is 18.0. The summed E-state index contributed by atoms with van der Waals surface area (Å²) in [5.41, 5.74) is 1.31. The van der Waals surface area contributed by atoms with Crippen LogP contribution in [0.15, 0.2) is 54.6 Å². The average Bonchev–Trinajstić information content (AvgIpc) is 2.66. The maximum Gasteiger partial charge on any atom is 0.276 e. The second-order valence-corrected chi connectivity index (χ2v) is 5.97. The summed E-state index contributed by atoms with van der Waals surface area (Å²) in [6.07, 6.45) is 0. The summed E-state index contributed by atoms with van der Waals surface area (Å²) in [7, 11) is 1.53. The summed E-state index contributed by atoms with van der Waals surface area (Å²) < 4.78 is 5.20. The van der Waals surface area contributed by atoms with E-state index in [0.717, 1.165) is 0 Å². The molecular weight excluding hydrogens is 375 g/mol. The normalized spacial score (nSPS) is 10.3. The summed E-state index contributed by atoms with van der Waals surface area (Å²) in [5, 5.41) is 14.5. The average molecular weight is 389 g/mol. The number of nitrogens with one attached hydrogen (secondary N) is 2. The van der Waals surface area contributed by atoms with Crippen LogP contribution in [0.2, 0.25) is 10.0 Å². The van der Waals surface area contributed by atoms with E-state index in [2.05, 4.69) is 20.8 Å². The van der Waals surface area contributed by atoms with Crippen molar-refractivity contribution in [1.29, 1.82) is 0 Å². The van der Waals surface area contributed by atoms with Crippen LogP contribution in [-0.2, 0) is 0 Å². The number of benzene rings is 2. The highest BCUT2D eigenvalue weighted by Gasteiger charge is 2.12. The van der Waals surface area contributed by atoms with Crippen LogP contribution >= 0.6 is 23.2 Å². The van der Waals surface area contributed by atoms with Gasteiger partial charge in [0.25, 0.3) is 5.91 Å². The molecule has 26 heavy (non-hydrogen) atoms. The molecule has 0 unspecified atom stereocenters. The van der Waals surface area contributed by atoms with E-state index < -0.39 is 5.91 Å². The summed E-state index contributed by atoms with van der Waals surface area (Å²) in [5.74, 6) is 0.597. The minimum atomic E-state index is -0.394. The van der Waals surface area contributed by atoms with E-state index in [1.165, 1.54) is 7.11 Å². The third kappa shape index (κ3) is 4.04. The number of ether oxygens (including phenoxy) is 1. The summed E-state index contributed by atoms with van der Waals surface area (Å²) in [4.78, 5) is 12.3. The molecule has 1 amide bonds.